The number of nitriles is 1. The Labute approximate surface area is 497 Å². The summed E-state index contributed by atoms with van der Waals surface area (Å²) in [4.78, 5) is 83.7. The molecule has 0 amide bonds. The summed E-state index contributed by atoms with van der Waals surface area (Å²) in [6, 6.07) is 34.1. The minimum Gasteiger partial charge on any atom is -0.497 e. The maximum Gasteiger partial charge on any atom is 0.475 e. The third-order valence-electron chi connectivity index (χ3n) is 15.3. The Morgan fingerprint density at radius 3 is 1.78 bits per heavy atom. The number of hydrogen-bond acceptors (Lipinski definition) is 21. The molecule has 27 heteroatoms. The lowest BCUT2D eigenvalue weighted by Gasteiger charge is -2.41. The largest absolute Gasteiger partial charge is 0.497 e. The molecule has 9 rings (SSSR count). The quantitative estimate of drug-likeness (QED) is 0.0206. The highest BCUT2D eigenvalue weighted by Gasteiger charge is 2.55. The second-order valence-electron chi connectivity index (χ2n) is 20.5. The fourth-order valence-corrected chi connectivity index (χ4v) is 12.5. The van der Waals surface area contributed by atoms with Crippen molar-refractivity contribution in [3.8, 4) is 17.6 Å². The number of halogens is 1. The van der Waals surface area contributed by atoms with Crippen molar-refractivity contribution in [3.63, 3.8) is 0 Å². The number of piperidine rings is 1. The smallest absolute Gasteiger partial charge is 0.475 e. The van der Waals surface area contributed by atoms with Gasteiger partial charge >= 0.3 is 31.1 Å². The van der Waals surface area contributed by atoms with E-state index >= 15 is 8.96 Å². The molecule has 0 aliphatic carbocycles. The number of para-hydroxylation sites is 1. The Bertz CT molecular complexity index is 3620. The predicted molar refractivity (Wildman–Crippen MR) is 306 cm³/mol. The number of esters is 2. The van der Waals surface area contributed by atoms with Crippen LogP contribution in [0, 0.1) is 23.1 Å². The zero-order valence-electron chi connectivity index (χ0n) is 48.2. The summed E-state index contributed by atoms with van der Waals surface area (Å²) in [5.74, 6) is -3.36. The summed E-state index contributed by atoms with van der Waals surface area (Å²) in [6.45, 7) is 0.865. The number of methoxy groups -OCH3 is 3. The lowest BCUT2D eigenvalue weighted by atomic mass is 9.80. The van der Waals surface area contributed by atoms with Gasteiger partial charge in [0.15, 0.2) is 24.2 Å². The van der Waals surface area contributed by atoms with Crippen LogP contribution in [0.5, 0.6) is 11.5 Å². The first kappa shape index (κ1) is 63.4. The van der Waals surface area contributed by atoms with Crippen LogP contribution in [0.15, 0.2) is 147 Å². The molecule has 3 aliphatic heterocycles. The molecule has 3 fully saturated rings. The van der Waals surface area contributed by atoms with Crippen LogP contribution in [0.25, 0.3) is 0 Å². The third kappa shape index (κ3) is 14.5. The average Bonchev–Trinajstić information content (AvgIpc) is 1.82. The summed E-state index contributed by atoms with van der Waals surface area (Å²) in [5.41, 5.74) is -2.56. The maximum absolute atomic E-state index is 15.8. The van der Waals surface area contributed by atoms with Gasteiger partial charge in [0.2, 0.25) is 0 Å². The average molecular weight is 1230 g/mol. The van der Waals surface area contributed by atoms with Gasteiger partial charge < -0.3 is 47.5 Å². The minimum atomic E-state index is -5.16. The van der Waals surface area contributed by atoms with Gasteiger partial charge in [0.05, 0.1) is 58.8 Å². The third-order valence-corrected chi connectivity index (χ3v) is 16.7. The molecule has 87 heavy (non-hydrogen) atoms. The van der Waals surface area contributed by atoms with Gasteiger partial charge in [-0.25, -0.2) is 18.5 Å². The molecule has 5 heterocycles. The number of aromatic amines is 2. The molecule has 0 radical (unpaired) electrons. The molecule has 3 aliphatic rings. The van der Waals surface area contributed by atoms with Crippen LogP contribution in [0.3, 0.4) is 0 Å². The Hall–Kier alpha value is -8.09. The van der Waals surface area contributed by atoms with Crippen molar-refractivity contribution in [2.45, 2.75) is 93.9 Å². The van der Waals surface area contributed by atoms with E-state index in [1.807, 2.05) is 65.6 Å². The Morgan fingerprint density at radius 2 is 1.23 bits per heavy atom. The predicted octanol–water partition coefficient (Wildman–Crippen LogP) is 6.02. The van der Waals surface area contributed by atoms with Gasteiger partial charge in [-0.15, -0.1) is 0 Å². The van der Waals surface area contributed by atoms with Crippen LogP contribution in [0.2, 0.25) is 0 Å². The summed E-state index contributed by atoms with van der Waals surface area (Å²) in [6.07, 6.45) is -7.97. The molecule has 462 valence electrons. The molecule has 1 unspecified atom stereocenters. The molecule has 25 nitrogen and oxygen atoms in total. The van der Waals surface area contributed by atoms with Crippen molar-refractivity contribution in [2.75, 3.05) is 65.7 Å². The molecule has 0 bridgehead atoms. The van der Waals surface area contributed by atoms with Crippen molar-refractivity contribution in [3.05, 3.63) is 192 Å². The molecule has 3 saturated heterocycles. The van der Waals surface area contributed by atoms with Crippen LogP contribution >= 0.6 is 7.82 Å². The normalized spacial score (nSPS) is 22.4. The van der Waals surface area contributed by atoms with Crippen LogP contribution in [0.4, 0.5) is 10.1 Å². The fraction of sp³-hybridized carbons (Fsp3) is 0.417. The van der Waals surface area contributed by atoms with Crippen molar-refractivity contribution in [1.82, 2.24) is 19.1 Å². The minimum absolute atomic E-state index is 0.0710. The lowest BCUT2D eigenvalue weighted by molar-refractivity contribution is -0.235. The van der Waals surface area contributed by atoms with E-state index < -0.39 is 122 Å². The van der Waals surface area contributed by atoms with E-state index in [4.69, 9.17) is 56.2 Å². The number of nitrogens with one attached hydrogen (secondary N) is 2. The second kappa shape index (κ2) is 28.2. The number of benzene rings is 4. The topological polar surface area (TPSA) is 299 Å². The van der Waals surface area contributed by atoms with Gasteiger partial charge in [0.25, 0.3) is 11.1 Å². The first-order chi connectivity index (χ1) is 41.9. The van der Waals surface area contributed by atoms with E-state index in [1.165, 1.54) is 33.6 Å². The molecule has 9 atom stereocenters. The number of ether oxygens (including phenoxy) is 9. The monoisotopic (exact) mass is 1220 g/mol. The summed E-state index contributed by atoms with van der Waals surface area (Å²) < 4.78 is 107. The number of carbonyl (C=O) groups is 2. The van der Waals surface area contributed by atoms with Crippen molar-refractivity contribution >= 4 is 25.4 Å². The van der Waals surface area contributed by atoms with Gasteiger partial charge in [-0.1, -0.05) is 66.7 Å². The molecule has 6 aromatic rings. The zero-order chi connectivity index (χ0) is 61.9. The Kier molecular flexibility index (Phi) is 20.5. The van der Waals surface area contributed by atoms with E-state index in [-0.39, 0.29) is 25.3 Å². The summed E-state index contributed by atoms with van der Waals surface area (Å²) in [7, 11) is -0.597. The zero-order valence-corrected chi connectivity index (χ0v) is 49.1. The first-order valence-electron chi connectivity index (χ1n) is 27.8. The SMILES string of the molecule is COc1ccc(C(OC[C@H]2O[C@@H](n3ccc(=O)[nH]c3=O)[C@H](CCOC3(OC)CCN(c4ccccc4F)CC3)[C@@H]2OP(=O)(OCCC#N)OC[C@H]2O[C@@H](n3ccc(=O)[nH]c3=O)[C@H](OC(C)=O)[C@@H]2OC(C)=O)(c2ccccc2)c2ccc(OC)cc2)cc1. The van der Waals surface area contributed by atoms with Crippen molar-refractivity contribution in [1.29, 1.82) is 5.26 Å². The van der Waals surface area contributed by atoms with Crippen LogP contribution < -0.4 is 36.9 Å². The first-order valence-corrected chi connectivity index (χ1v) is 29.3. The number of carbonyl (C=O) groups excluding carboxylic acids is 2. The van der Waals surface area contributed by atoms with E-state index in [1.54, 1.807) is 42.5 Å². The number of anilines is 1. The molecular weight excluding hydrogens is 1160 g/mol. The highest BCUT2D eigenvalue weighted by molar-refractivity contribution is 7.48. The number of phosphoric ester groups is 1. The molecule has 4 aromatic carbocycles. The summed E-state index contributed by atoms with van der Waals surface area (Å²) in [5, 5.41) is 9.74. The summed E-state index contributed by atoms with van der Waals surface area (Å²) >= 11 is 0. The van der Waals surface area contributed by atoms with Crippen LogP contribution in [0.1, 0.15) is 68.7 Å². The number of aromatic nitrogens is 4. The van der Waals surface area contributed by atoms with Gasteiger partial charge in [0.1, 0.15) is 47.5 Å². The standard InChI is InChI=1S/C60H66FN6O19P/c1-38(68)82-53-49(85-56(54(53)83-39(2)69)67-31-25-51(71)64-58(67)73)37-81-87(74,80-34-11-29-62)86-52-45(26-35-78-59(77-5)27-32-65(33-28-59)47-15-10-9-14-46(47)61)55(66-30-24-50(70)63-57(66)72)84-48(52)36-79-60(40-12-7-6-8-13-40,41-16-20-43(75-3)21-17-41)42-18-22-44(76-4)23-19-42/h6-10,12-25,30-31,45,48-49,52-56H,11,26-28,32-37H2,1-5H3,(H,63,70,72)(H,64,71,73)/t45-,48-,49-,52+,53-,54-,55-,56-,87?/m1/s1. The van der Waals surface area contributed by atoms with E-state index in [2.05, 4.69) is 9.97 Å². The van der Waals surface area contributed by atoms with Gasteiger partial charge in [-0.2, -0.15) is 5.26 Å². The lowest BCUT2D eigenvalue weighted by Crippen LogP contribution is -2.48. The fourth-order valence-electron chi connectivity index (χ4n) is 11.1. The van der Waals surface area contributed by atoms with Crippen molar-refractivity contribution in [2.24, 2.45) is 5.92 Å². The van der Waals surface area contributed by atoms with Gasteiger partial charge in [-0.05, 0) is 59.5 Å². The van der Waals surface area contributed by atoms with E-state index in [9.17, 15) is 34.0 Å². The molecular formula is C60H66FN6O19P. The molecule has 2 N–H and O–H groups in total. The van der Waals surface area contributed by atoms with Gasteiger partial charge in [-0.3, -0.25) is 51.9 Å². The van der Waals surface area contributed by atoms with Crippen LogP contribution in [-0.2, 0) is 66.5 Å². The van der Waals surface area contributed by atoms with E-state index in [0.29, 0.717) is 59.8 Å². The van der Waals surface area contributed by atoms with Crippen LogP contribution in [-0.4, -0.2) is 128 Å². The molecule has 0 spiro atoms. The highest BCUT2D eigenvalue weighted by Crippen LogP contribution is 2.56. The molecule has 2 aromatic heterocycles. The van der Waals surface area contributed by atoms with Crippen molar-refractivity contribution < 1.29 is 74.7 Å². The molecule has 0 saturated carbocycles. The number of rotatable bonds is 26. The number of hydrogen-bond donors (Lipinski definition) is 2. The highest BCUT2D eigenvalue weighted by atomic mass is 31.2. The maximum atomic E-state index is 15.8. The number of phosphoric acid groups is 1. The Balaban J connectivity index is 1.13. The number of H-pyrrole nitrogens is 2. The van der Waals surface area contributed by atoms with Gasteiger partial charge in [0, 0.05) is 77.3 Å². The second-order valence-corrected chi connectivity index (χ2v) is 22.2. The Morgan fingerprint density at radius 1 is 0.690 bits per heavy atom. The number of nitrogens with zero attached hydrogens (tertiary/aromatic N) is 4. The van der Waals surface area contributed by atoms with E-state index in [0.717, 1.165) is 41.3 Å².